The van der Waals surface area contributed by atoms with Gasteiger partial charge in [-0.1, -0.05) is 58.6 Å². The summed E-state index contributed by atoms with van der Waals surface area (Å²) in [6.45, 7) is 1.20. The summed E-state index contributed by atoms with van der Waals surface area (Å²) in [6, 6.07) is 12.6. The SMILES string of the molecule is CCOC(=O)[C@@]1(F)[C@@H]2C[C@@H](OC(=O)c3ccc(Cl)c(Cl)c3)[C@@](N=[N+]=[N-])(C(=O)OCc3ccccc3)[C@@H]21. The number of esters is 3. The Bertz CT molecular complexity index is 1260. The Morgan fingerprint density at radius 2 is 1.83 bits per heavy atom. The van der Waals surface area contributed by atoms with Crippen LogP contribution in [0.15, 0.2) is 53.6 Å². The highest BCUT2D eigenvalue weighted by Crippen LogP contribution is 2.69. The summed E-state index contributed by atoms with van der Waals surface area (Å²) >= 11 is 11.9. The number of rotatable bonds is 8. The molecule has 0 heterocycles. The molecule has 2 aliphatic carbocycles. The zero-order valence-corrected chi connectivity index (χ0v) is 20.4. The predicted octanol–water partition coefficient (Wildman–Crippen LogP) is 5.23. The number of fused-ring (bicyclic) bond motifs is 1. The van der Waals surface area contributed by atoms with Gasteiger partial charge < -0.3 is 14.2 Å². The smallest absolute Gasteiger partial charge is 0.344 e. The van der Waals surface area contributed by atoms with Crippen LogP contribution >= 0.6 is 23.2 Å². The topological polar surface area (TPSA) is 128 Å². The van der Waals surface area contributed by atoms with Crippen LogP contribution in [0.4, 0.5) is 4.39 Å². The lowest BCUT2D eigenvalue weighted by molar-refractivity contribution is -0.161. The highest BCUT2D eigenvalue weighted by Gasteiger charge is 2.87. The molecule has 0 radical (unpaired) electrons. The second-order valence-electron chi connectivity index (χ2n) is 8.41. The second kappa shape index (κ2) is 9.97. The van der Waals surface area contributed by atoms with Gasteiger partial charge in [0, 0.05) is 16.7 Å². The third kappa shape index (κ3) is 4.25. The molecule has 4 rings (SSSR count). The van der Waals surface area contributed by atoms with Crippen LogP contribution < -0.4 is 0 Å². The number of alkyl halides is 1. The number of halogens is 3. The van der Waals surface area contributed by atoms with Crippen LogP contribution in [0.5, 0.6) is 0 Å². The number of hydrogen-bond acceptors (Lipinski definition) is 7. The number of azide groups is 1. The first kappa shape index (κ1) is 25.8. The van der Waals surface area contributed by atoms with E-state index in [2.05, 4.69) is 10.0 Å². The third-order valence-corrected chi connectivity index (χ3v) is 7.20. The number of carbonyl (C=O) groups is 3. The molecule has 0 bridgehead atoms. The average molecular weight is 536 g/mol. The Balaban J connectivity index is 1.67. The standard InChI is InChI=1S/C24H20Cl2FN3O6/c1-2-34-21(32)23(27)15-11-18(36-20(31)14-8-9-16(25)17(26)10-14)24(19(15)23,29-30-28)22(33)35-12-13-6-4-3-5-7-13/h3-10,15,18-19H,2,11-12H2,1H3/t15-,18-,19+,23-,24+/m1/s1. The minimum atomic E-state index is -2.59. The van der Waals surface area contributed by atoms with Crippen LogP contribution in [-0.2, 0) is 30.4 Å². The molecule has 2 saturated carbocycles. The molecule has 0 aromatic heterocycles. The number of benzene rings is 2. The summed E-state index contributed by atoms with van der Waals surface area (Å²) in [5.74, 6) is -5.73. The predicted molar refractivity (Wildman–Crippen MR) is 126 cm³/mol. The van der Waals surface area contributed by atoms with Crippen LogP contribution in [0, 0.1) is 11.8 Å². The maximum absolute atomic E-state index is 15.8. The van der Waals surface area contributed by atoms with E-state index in [1.165, 1.54) is 25.1 Å². The van der Waals surface area contributed by atoms with Crippen LogP contribution in [0.2, 0.25) is 10.0 Å². The van der Waals surface area contributed by atoms with Gasteiger partial charge in [0.25, 0.3) is 0 Å². The summed E-state index contributed by atoms with van der Waals surface area (Å²) in [6.07, 6.45) is -1.68. The van der Waals surface area contributed by atoms with Gasteiger partial charge in [-0.15, -0.1) is 0 Å². The minimum Gasteiger partial charge on any atom is -0.464 e. The first-order valence-corrected chi connectivity index (χ1v) is 11.7. The quantitative estimate of drug-likeness (QED) is 0.149. The Morgan fingerprint density at radius 3 is 2.47 bits per heavy atom. The molecule has 12 heteroatoms. The summed E-state index contributed by atoms with van der Waals surface area (Å²) in [5.41, 5.74) is 5.05. The number of hydrogen-bond donors (Lipinski definition) is 0. The van der Waals surface area contributed by atoms with Crippen molar-refractivity contribution in [3.8, 4) is 0 Å². The van der Waals surface area contributed by atoms with E-state index in [0.717, 1.165) is 0 Å². The fraction of sp³-hybridized carbons (Fsp3) is 0.375. The summed E-state index contributed by atoms with van der Waals surface area (Å²) in [4.78, 5) is 41.5. The molecular weight excluding hydrogens is 516 g/mol. The molecule has 0 amide bonds. The lowest BCUT2D eigenvalue weighted by Crippen LogP contribution is -2.53. The van der Waals surface area contributed by atoms with Gasteiger partial charge in [-0.05, 0) is 42.6 Å². The van der Waals surface area contributed by atoms with Gasteiger partial charge in [-0.2, -0.15) is 0 Å². The van der Waals surface area contributed by atoms with Crippen molar-refractivity contribution in [3.63, 3.8) is 0 Å². The van der Waals surface area contributed by atoms with Gasteiger partial charge in [0.15, 0.2) is 5.54 Å². The number of ether oxygens (including phenoxy) is 3. The molecule has 0 N–H and O–H groups in total. The first-order chi connectivity index (χ1) is 17.2. The molecule has 5 atom stereocenters. The van der Waals surface area contributed by atoms with Crippen molar-refractivity contribution in [2.24, 2.45) is 17.0 Å². The van der Waals surface area contributed by atoms with Crippen LogP contribution in [0.1, 0.15) is 29.3 Å². The monoisotopic (exact) mass is 535 g/mol. The molecule has 36 heavy (non-hydrogen) atoms. The van der Waals surface area contributed by atoms with E-state index in [0.29, 0.717) is 5.56 Å². The van der Waals surface area contributed by atoms with Crippen molar-refractivity contribution < 1.29 is 33.0 Å². The fourth-order valence-electron chi connectivity index (χ4n) is 4.79. The molecule has 188 valence electrons. The van der Waals surface area contributed by atoms with E-state index in [4.69, 9.17) is 37.4 Å². The molecule has 0 unspecified atom stereocenters. The van der Waals surface area contributed by atoms with E-state index < -0.39 is 47.1 Å². The molecule has 2 aromatic rings. The summed E-state index contributed by atoms with van der Waals surface area (Å²) < 4.78 is 31.6. The van der Waals surface area contributed by atoms with Crippen molar-refractivity contribution >= 4 is 41.1 Å². The van der Waals surface area contributed by atoms with E-state index in [1.807, 2.05) is 0 Å². The molecule has 2 aliphatic rings. The van der Waals surface area contributed by atoms with Gasteiger partial charge >= 0.3 is 17.9 Å². The van der Waals surface area contributed by atoms with Crippen molar-refractivity contribution in [3.05, 3.63) is 80.1 Å². The van der Waals surface area contributed by atoms with E-state index in [9.17, 15) is 19.9 Å². The second-order valence-corrected chi connectivity index (χ2v) is 9.22. The summed E-state index contributed by atoms with van der Waals surface area (Å²) in [7, 11) is 0. The molecule has 2 aromatic carbocycles. The maximum atomic E-state index is 15.8. The molecule has 0 saturated heterocycles. The lowest BCUT2D eigenvalue weighted by atomic mass is 9.87. The summed E-state index contributed by atoms with van der Waals surface area (Å²) in [5, 5.41) is 3.92. The number of carbonyl (C=O) groups excluding carboxylic acids is 3. The van der Waals surface area contributed by atoms with E-state index in [-0.39, 0.29) is 35.2 Å². The molecule has 2 fully saturated rings. The highest BCUT2D eigenvalue weighted by molar-refractivity contribution is 6.42. The molecule has 9 nitrogen and oxygen atoms in total. The van der Waals surface area contributed by atoms with E-state index in [1.54, 1.807) is 30.3 Å². The zero-order chi connectivity index (χ0) is 26.1. The van der Waals surface area contributed by atoms with Crippen molar-refractivity contribution in [1.82, 2.24) is 0 Å². The lowest BCUT2D eigenvalue weighted by Gasteiger charge is -2.32. The molecular formula is C24H20Cl2FN3O6. The Hall–Kier alpha value is -3.33. The van der Waals surface area contributed by atoms with Crippen LogP contribution in [-0.4, -0.2) is 41.8 Å². The van der Waals surface area contributed by atoms with Gasteiger partial charge in [0.1, 0.15) is 12.7 Å². The van der Waals surface area contributed by atoms with E-state index >= 15 is 4.39 Å². The zero-order valence-electron chi connectivity index (χ0n) is 18.9. The van der Waals surface area contributed by atoms with Gasteiger partial charge in [0.2, 0.25) is 5.67 Å². The van der Waals surface area contributed by atoms with Gasteiger partial charge in [-0.25, -0.2) is 14.0 Å². The first-order valence-electron chi connectivity index (χ1n) is 11.0. The minimum absolute atomic E-state index is 0.00867. The van der Waals surface area contributed by atoms with Crippen molar-refractivity contribution in [2.45, 2.75) is 37.3 Å². The van der Waals surface area contributed by atoms with Crippen molar-refractivity contribution in [1.29, 1.82) is 0 Å². The fourth-order valence-corrected chi connectivity index (χ4v) is 5.09. The Labute approximate surface area is 215 Å². The normalized spacial score (nSPS) is 27.8. The third-order valence-electron chi connectivity index (χ3n) is 6.46. The maximum Gasteiger partial charge on any atom is 0.344 e. The largest absolute Gasteiger partial charge is 0.464 e. The van der Waals surface area contributed by atoms with Crippen LogP contribution in [0.3, 0.4) is 0 Å². The Kier molecular flexibility index (Phi) is 7.13. The number of nitrogens with zero attached hydrogens (tertiary/aromatic N) is 3. The highest BCUT2D eigenvalue weighted by atomic mass is 35.5. The Morgan fingerprint density at radius 1 is 1.11 bits per heavy atom. The van der Waals surface area contributed by atoms with Crippen molar-refractivity contribution in [2.75, 3.05) is 6.61 Å². The van der Waals surface area contributed by atoms with Gasteiger partial charge in [0.05, 0.1) is 22.2 Å². The molecule has 0 spiro atoms. The van der Waals surface area contributed by atoms with Gasteiger partial charge in [-0.3, -0.25) is 4.79 Å². The molecule has 0 aliphatic heterocycles. The van der Waals surface area contributed by atoms with Crippen LogP contribution in [0.25, 0.3) is 10.4 Å². The average Bonchev–Trinajstić information content (AvgIpc) is 3.32.